The van der Waals surface area contributed by atoms with Gasteiger partial charge in [0.25, 0.3) is 0 Å². The third-order valence-electron chi connectivity index (χ3n) is 3.28. The summed E-state index contributed by atoms with van der Waals surface area (Å²) in [5.41, 5.74) is -1.20. The minimum Gasteiger partial charge on any atom is -0.352 e. The van der Waals surface area contributed by atoms with Gasteiger partial charge < -0.3 is 10.6 Å². The van der Waals surface area contributed by atoms with Gasteiger partial charge in [0.2, 0.25) is 5.91 Å². The number of carbonyl (C=O) groups is 1. The lowest BCUT2D eigenvalue weighted by Crippen LogP contribution is -2.41. The van der Waals surface area contributed by atoms with E-state index in [1.807, 2.05) is 0 Å². The van der Waals surface area contributed by atoms with E-state index in [4.69, 9.17) is 0 Å². The summed E-state index contributed by atoms with van der Waals surface area (Å²) in [6.45, 7) is 0.548. The van der Waals surface area contributed by atoms with Crippen LogP contribution in [0.25, 0.3) is 0 Å². The van der Waals surface area contributed by atoms with Gasteiger partial charge in [-0.3, -0.25) is 4.79 Å². The first kappa shape index (κ1) is 17.1. The second-order valence-electron chi connectivity index (χ2n) is 5.01. The number of carbonyl (C=O) groups excluding carboxylic acids is 1. The fourth-order valence-electron chi connectivity index (χ4n) is 2.21. The Morgan fingerprint density at radius 1 is 1.41 bits per heavy atom. The predicted molar refractivity (Wildman–Crippen MR) is 77.0 cm³/mol. The van der Waals surface area contributed by atoms with E-state index in [-0.39, 0.29) is 30.5 Å². The van der Waals surface area contributed by atoms with Gasteiger partial charge in [0.1, 0.15) is 5.82 Å². The fraction of sp³-hybridized carbons (Fsp3) is 0.500. The molecule has 1 aromatic carbocycles. The quantitative estimate of drug-likeness (QED) is 0.831. The first-order chi connectivity index (χ1) is 10.4. The summed E-state index contributed by atoms with van der Waals surface area (Å²) in [4.78, 5) is 11.8. The summed E-state index contributed by atoms with van der Waals surface area (Å²) in [5.74, 6) is 0.517. The van der Waals surface area contributed by atoms with Gasteiger partial charge in [-0.2, -0.15) is 24.9 Å². The van der Waals surface area contributed by atoms with E-state index >= 15 is 0 Å². The zero-order valence-electron chi connectivity index (χ0n) is 11.7. The van der Waals surface area contributed by atoms with Crippen LogP contribution in [0, 0.1) is 5.82 Å². The van der Waals surface area contributed by atoms with E-state index in [0.29, 0.717) is 6.07 Å². The first-order valence-corrected chi connectivity index (χ1v) is 7.95. The Bertz CT molecular complexity index is 530. The number of hydrogen-bond acceptors (Lipinski definition) is 3. The number of benzene rings is 1. The molecule has 0 saturated carbocycles. The average molecular weight is 336 g/mol. The number of thioether (sulfide) groups is 1. The summed E-state index contributed by atoms with van der Waals surface area (Å²) in [5, 5.41) is 5.65. The lowest BCUT2D eigenvalue weighted by Gasteiger charge is -2.22. The highest BCUT2D eigenvalue weighted by Gasteiger charge is 2.33. The van der Waals surface area contributed by atoms with Crippen molar-refractivity contribution < 1.29 is 22.4 Å². The third-order valence-corrected chi connectivity index (χ3v) is 4.41. The van der Waals surface area contributed by atoms with Crippen LogP contribution < -0.4 is 10.6 Å². The van der Waals surface area contributed by atoms with Crippen molar-refractivity contribution in [2.45, 2.75) is 25.2 Å². The summed E-state index contributed by atoms with van der Waals surface area (Å²) in [6.07, 6.45) is -4.43. The molecular formula is C14H16F4N2OS. The SMILES string of the molecule is O=C(CC1CSCCN1)NCc1ccc(F)cc1C(F)(F)F. The van der Waals surface area contributed by atoms with Gasteiger partial charge in [0.15, 0.2) is 0 Å². The molecule has 1 fully saturated rings. The predicted octanol–water partition coefficient (Wildman–Crippen LogP) is 2.56. The smallest absolute Gasteiger partial charge is 0.352 e. The van der Waals surface area contributed by atoms with Crippen LogP contribution >= 0.6 is 11.8 Å². The van der Waals surface area contributed by atoms with Crippen LogP contribution in [0.5, 0.6) is 0 Å². The normalized spacial score (nSPS) is 19.0. The zero-order valence-corrected chi connectivity index (χ0v) is 12.5. The molecule has 8 heteroatoms. The molecule has 1 unspecified atom stereocenters. The maximum Gasteiger partial charge on any atom is 0.416 e. The largest absolute Gasteiger partial charge is 0.416 e. The topological polar surface area (TPSA) is 41.1 Å². The van der Waals surface area contributed by atoms with Crippen molar-refractivity contribution in [1.82, 2.24) is 10.6 Å². The minimum absolute atomic E-state index is 0.0362. The van der Waals surface area contributed by atoms with Crippen molar-refractivity contribution in [1.29, 1.82) is 0 Å². The van der Waals surface area contributed by atoms with Crippen LogP contribution in [-0.4, -0.2) is 30.0 Å². The van der Waals surface area contributed by atoms with Crippen molar-refractivity contribution >= 4 is 17.7 Å². The molecule has 0 bridgehead atoms. The molecule has 1 heterocycles. The van der Waals surface area contributed by atoms with Gasteiger partial charge in [-0.1, -0.05) is 6.07 Å². The molecule has 22 heavy (non-hydrogen) atoms. The highest BCUT2D eigenvalue weighted by Crippen LogP contribution is 2.32. The number of amides is 1. The Morgan fingerprint density at radius 2 is 2.18 bits per heavy atom. The number of hydrogen-bond donors (Lipinski definition) is 2. The average Bonchev–Trinajstić information content (AvgIpc) is 2.46. The van der Waals surface area contributed by atoms with E-state index in [1.165, 1.54) is 0 Å². The molecule has 0 aliphatic carbocycles. The summed E-state index contributed by atoms with van der Waals surface area (Å²) in [7, 11) is 0. The molecule has 2 N–H and O–H groups in total. The lowest BCUT2D eigenvalue weighted by molar-refractivity contribution is -0.138. The number of rotatable bonds is 4. The summed E-state index contributed by atoms with van der Waals surface area (Å²) < 4.78 is 51.5. The van der Waals surface area contributed by atoms with Gasteiger partial charge >= 0.3 is 6.18 Å². The van der Waals surface area contributed by atoms with Crippen molar-refractivity contribution in [2.24, 2.45) is 0 Å². The van der Waals surface area contributed by atoms with Gasteiger partial charge in [0, 0.05) is 37.1 Å². The molecule has 1 saturated heterocycles. The van der Waals surface area contributed by atoms with E-state index in [9.17, 15) is 22.4 Å². The number of halogens is 4. The molecule has 2 rings (SSSR count). The van der Waals surface area contributed by atoms with Crippen LogP contribution in [-0.2, 0) is 17.5 Å². The summed E-state index contributed by atoms with van der Waals surface area (Å²) >= 11 is 1.73. The van der Waals surface area contributed by atoms with Crippen LogP contribution in [0.1, 0.15) is 17.5 Å². The van der Waals surface area contributed by atoms with E-state index in [1.54, 1.807) is 11.8 Å². The number of alkyl halides is 3. The van der Waals surface area contributed by atoms with Crippen molar-refractivity contribution in [3.8, 4) is 0 Å². The molecule has 122 valence electrons. The van der Waals surface area contributed by atoms with E-state index in [2.05, 4.69) is 10.6 Å². The van der Waals surface area contributed by atoms with Gasteiger partial charge in [0.05, 0.1) is 5.56 Å². The maximum absolute atomic E-state index is 13.0. The molecule has 1 atom stereocenters. The van der Waals surface area contributed by atoms with Gasteiger partial charge in [-0.25, -0.2) is 4.39 Å². The monoisotopic (exact) mass is 336 g/mol. The van der Waals surface area contributed by atoms with E-state index in [0.717, 1.165) is 30.2 Å². The van der Waals surface area contributed by atoms with Gasteiger partial charge in [-0.05, 0) is 17.7 Å². The molecule has 1 aromatic rings. The highest BCUT2D eigenvalue weighted by molar-refractivity contribution is 7.99. The zero-order chi connectivity index (χ0) is 16.2. The Morgan fingerprint density at radius 3 is 2.82 bits per heavy atom. The van der Waals surface area contributed by atoms with Crippen LogP contribution in [0.3, 0.4) is 0 Å². The standard InChI is InChI=1S/C14H16F4N2OS/c15-10-2-1-9(12(5-10)14(16,17)18)7-20-13(21)6-11-8-22-4-3-19-11/h1-2,5,11,19H,3-4,6-8H2,(H,20,21). The highest BCUT2D eigenvalue weighted by atomic mass is 32.2. The first-order valence-electron chi connectivity index (χ1n) is 6.79. The third kappa shape index (κ3) is 4.88. The molecule has 0 spiro atoms. The molecule has 0 aromatic heterocycles. The Kier molecular flexibility index (Phi) is 5.69. The summed E-state index contributed by atoms with van der Waals surface area (Å²) in [6, 6.07) is 2.48. The molecule has 1 amide bonds. The molecule has 1 aliphatic rings. The lowest BCUT2D eigenvalue weighted by atomic mass is 10.1. The van der Waals surface area contributed by atoms with Crippen molar-refractivity contribution in [3.63, 3.8) is 0 Å². The van der Waals surface area contributed by atoms with E-state index < -0.39 is 17.6 Å². The Balaban J connectivity index is 1.94. The van der Waals surface area contributed by atoms with Crippen LogP contribution in [0.15, 0.2) is 18.2 Å². The number of nitrogens with one attached hydrogen (secondary N) is 2. The van der Waals surface area contributed by atoms with Gasteiger partial charge in [-0.15, -0.1) is 0 Å². The Labute approximate surface area is 129 Å². The second kappa shape index (κ2) is 7.32. The molecule has 3 nitrogen and oxygen atoms in total. The Hall–Kier alpha value is -1.28. The van der Waals surface area contributed by atoms with Crippen LogP contribution in [0.2, 0.25) is 0 Å². The maximum atomic E-state index is 13.0. The molecule has 0 radical (unpaired) electrons. The molecular weight excluding hydrogens is 320 g/mol. The van der Waals surface area contributed by atoms with Crippen molar-refractivity contribution in [2.75, 3.05) is 18.1 Å². The minimum atomic E-state index is -4.65. The van der Waals surface area contributed by atoms with Crippen LogP contribution in [0.4, 0.5) is 17.6 Å². The fourth-order valence-corrected chi connectivity index (χ4v) is 3.16. The molecule has 1 aliphatic heterocycles. The van der Waals surface area contributed by atoms with Crippen molar-refractivity contribution in [3.05, 3.63) is 35.1 Å². The second-order valence-corrected chi connectivity index (χ2v) is 6.16.